The van der Waals surface area contributed by atoms with E-state index < -0.39 is 0 Å². The number of ether oxygens (including phenoxy) is 1. The Bertz CT molecular complexity index is 1380. The summed E-state index contributed by atoms with van der Waals surface area (Å²) < 4.78 is 23.0. The zero-order valence-corrected chi connectivity index (χ0v) is 21.6. The number of benzene rings is 1. The van der Waals surface area contributed by atoms with Crippen LogP contribution in [0.15, 0.2) is 54.9 Å². The first-order chi connectivity index (χ1) is 18.7. The summed E-state index contributed by atoms with van der Waals surface area (Å²) in [4.78, 5) is 13.9. The molecule has 0 saturated carbocycles. The summed E-state index contributed by atoms with van der Waals surface area (Å²) >= 11 is 0. The summed E-state index contributed by atoms with van der Waals surface area (Å²) in [6.45, 7) is 5.62. The molecule has 2 saturated heterocycles. The molecule has 4 aromatic rings. The van der Waals surface area contributed by atoms with Crippen LogP contribution in [0, 0.1) is 5.82 Å². The number of pyridine rings is 1. The minimum absolute atomic E-state index is 0.124. The van der Waals surface area contributed by atoms with Gasteiger partial charge in [-0.2, -0.15) is 9.49 Å². The molecule has 10 heteroatoms. The summed E-state index contributed by atoms with van der Waals surface area (Å²) in [5, 5.41) is 11.2. The molecule has 0 spiro atoms. The first kappa shape index (κ1) is 24.6. The zero-order chi connectivity index (χ0) is 25.9. The fourth-order valence-corrected chi connectivity index (χ4v) is 5.24. The predicted molar refractivity (Wildman–Crippen MR) is 146 cm³/mol. The van der Waals surface area contributed by atoms with Gasteiger partial charge in [-0.1, -0.05) is 18.2 Å². The lowest BCUT2D eigenvalue weighted by molar-refractivity contribution is 0.248. The second-order valence-corrected chi connectivity index (χ2v) is 9.92. The van der Waals surface area contributed by atoms with Crippen molar-refractivity contribution in [3.63, 3.8) is 0 Å². The molecule has 0 bridgehead atoms. The van der Waals surface area contributed by atoms with Crippen molar-refractivity contribution in [2.75, 3.05) is 56.6 Å². The second-order valence-electron chi connectivity index (χ2n) is 9.92. The molecule has 9 nitrogen and oxygen atoms in total. The Morgan fingerprint density at radius 1 is 1.08 bits per heavy atom. The van der Waals surface area contributed by atoms with Gasteiger partial charge in [-0.3, -0.25) is 4.90 Å². The molecule has 1 atom stereocenters. The van der Waals surface area contributed by atoms with Crippen LogP contribution in [0.25, 0.3) is 16.9 Å². The van der Waals surface area contributed by atoms with Gasteiger partial charge in [-0.15, -0.1) is 0 Å². The fraction of sp³-hybridized carbons (Fsp3) is 0.393. The van der Waals surface area contributed by atoms with E-state index in [4.69, 9.17) is 9.72 Å². The summed E-state index contributed by atoms with van der Waals surface area (Å²) in [6, 6.07) is 14.1. The molecule has 2 N–H and O–H groups in total. The number of hydrogen-bond donors (Lipinski definition) is 2. The van der Waals surface area contributed by atoms with Gasteiger partial charge >= 0.3 is 0 Å². The number of rotatable bonds is 7. The van der Waals surface area contributed by atoms with Gasteiger partial charge in [-0.05, 0) is 49.2 Å². The maximum absolute atomic E-state index is 16.0. The van der Waals surface area contributed by atoms with Crippen LogP contribution in [0.4, 0.5) is 16.0 Å². The number of methoxy groups -OCH3 is 1. The van der Waals surface area contributed by atoms with Crippen molar-refractivity contribution in [3.8, 4) is 17.1 Å². The smallest absolute Gasteiger partial charge is 0.207 e. The predicted octanol–water partition coefficient (Wildman–Crippen LogP) is 3.43. The molecule has 6 rings (SSSR count). The Balaban J connectivity index is 1.26. The van der Waals surface area contributed by atoms with Gasteiger partial charge in [-0.25, -0.2) is 14.5 Å². The van der Waals surface area contributed by atoms with E-state index >= 15 is 4.39 Å². The van der Waals surface area contributed by atoms with Crippen LogP contribution in [-0.2, 0) is 6.54 Å². The van der Waals surface area contributed by atoms with Crippen LogP contribution in [0.2, 0.25) is 0 Å². The number of anilines is 2. The van der Waals surface area contributed by atoms with Gasteiger partial charge in [0.05, 0.1) is 24.4 Å². The topological polar surface area (TPSA) is 82.9 Å². The molecule has 2 fully saturated rings. The first-order valence-electron chi connectivity index (χ1n) is 13.3. The number of hydrogen-bond acceptors (Lipinski definition) is 8. The second kappa shape index (κ2) is 10.9. The van der Waals surface area contributed by atoms with E-state index in [1.807, 2.05) is 41.4 Å². The summed E-state index contributed by atoms with van der Waals surface area (Å²) in [7, 11) is 1.68. The van der Waals surface area contributed by atoms with Gasteiger partial charge in [0.1, 0.15) is 5.75 Å². The molecule has 1 aromatic carbocycles. The van der Waals surface area contributed by atoms with Crippen LogP contribution in [0.1, 0.15) is 18.4 Å². The van der Waals surface area contributed by atoms with E-state index in [1.165, 1.54) is 5.56 Å². The van der Waals surface area contributed by atoms with E-state index in [-0.39, 0.29) is 17.7 Å². The molecule has 0 unspecified atom stereocenters. The molecule has 2 aliphatic rings. The lowest BCUT2D eigenvalue weighted by Gasteiger charge is -2.36. The number of nitrogens with zero attached hydrogens (tertiary/aromatic N) is 6. The quantitative estimate of drug-likeness (QED) is 0.387. The molecular formula is C28H33FN8O. The number of piperazine rings is 1. The minimum atomic E-state index is -0.389. The standard InChI is InChI=1S/C28H33FN8O/c1-38-22-9-7-20(8-10-22)19-35-13-15-36(16-14-35)28-25(29)27(32-21-5-4-11-30-17-21)33-26(34-28)23-18-31-37-12-3-2-6-24(23)37/h2-3,6-10,12,18,21,30H,4-5,11,13-17,19H2,1H3,(H,32,33,34)/t21-/m1/s1. The Morgan fingerprint density at radius 3 is 2.68 bits per heavy atom. The highest BCUT2D eigenvalue weighted by Gasteiger charge is 2.26. The van der Waals surface area contributed by atoms with Gasteiger partial charge in [0, 0.05) is 51.5 Å². The van der Waals surface area contributed by atoms with E-state index in [0.29, 0.717) is 24.7 Å². The number of nitrogens with one attached hydrogen (secondary N) is 2. The van der Waals surface area contributed by atoms with Crippen molar-refractivity contribution in [1.82, 2.24) is 29.8 Å². The van der Waals surface area contributed by atoms with Crippen LogP contribution < -0.4 is 20.3 Å². The van der Waals surface area contributed by atoms with E-state index in [1.54, 1.807) is 17.8 Å². The van der Waals surface area contributed by atoms with Gasteiger partial charge < -0.3 is 20.3 Å². The molecule has 0 radical (unpaired) electrons. The van der Waals surface area contributed by atoms with E-state index in [9.17, 15) is 0 Å². The number of fused-ring (bicyclic) bond motifs is 1. The maximum Gasteiger partial charge on any atom is 0.207 e. The van der Waals surface area contributed by atoms with Crippen LogP contribution in [-0.4, -0.2) is 76.9 Å². The highest BCUT2D eigenvalue weighted by molar-refractivity contribution is 5.77. The molecular weight excluding hydrogens is 483 g/mol. The molecule has 38 heavy (non-hydrogen) atoms. The Labute approximate surface area is 221 Å². The Kier molecular flexibility index (Phi) is 7.06. The third kappa shape index (κ3) is 5.14. The number of halogens is 1. The normalized spacial score (nSPS) is 18.6. The van der Waals surface area contributed by atoms with Gasteiger partial charge in [0.2, 0.25) is 5.82 Å². The van der Waals surface area contributed by atoms with Crippen molar-refractivity contribution in [3.05, 3.63) is 66.2 Å². The number of piperidine rings is 1. The van der Waals surface area contributed by atoms with Gasteiger partial charge in [0.25, 0.3) is 0 Å². The van der Waals surface area contributed by atoms with Crippen LogP contribution >= 0.6 is 0 Å². The fourth-order valence-electron chi connectivity index (χ4n) is 5.24. The van der Waals surface area contributed by atoms with Crippen molar-refractivity contribution in [1.29, 1.82) is 0 Å². The van der Waals surface area contributed by atoms with Crippen LogP contribution in [0.3, 0.4) is 0 Å². The molecule has 2 aliphatic heterocycles. The minimum Gasteiger partial charge on any atom is -0.497 e. The molecule has 198 valence electrons. The molecule has 0 aliphatic carbocycles. The lowest BCUT2D eigenvalue weighted by Crippen LogP contribution is -2.46. The van der Waals surface area contributed by atoms with E-state index in [2.05, 4.69) is 37.7 Å². The third-order valence-electron chi connectivity index (χ3n) is 7.38. The zero-order valence-electron chi connectivity index (χ0n) is 21.6. The van der Waals surface area contributed by atoms with Crippen molar-refractivity contribution in [2.24, 2.45) is 0 Å². The molecule has 5 heterocycles. The monoisotopic (exact) mass is 516 g/mol. The number of aromatic nitrogens is 4. The third-order valence-corrected chi connectivity index (χ3v) is 7.38. The average Bonchev–Trinajstić information content (AvgIpc) is 3.40. The highest BCUT2D eigenvalue weighted by atomic mass is 19.1. The SMILES string of the molecule is COc1ccc(CN2CCN(c3nc(-c4cnn5ccccc45)nc(N[C@@H]4CCCNC4)c3F)CC2)cc1. The van der Waals surface area contributed by atoms with Gasteiger partial charge in [0.15, 0.2) is 17.5 Å². The summed E-state index contributed by atoms with van der Waals surface area (Å²) in [6.07, 6.45) is 5.67. The molecule has 0 amide bonds. The Hall–Kier alpha value is -3.76. The maximum atomic E-state index is 16.0. The van der Waals surface area contributed by atoms with E-state index in [0.717, 1.165) is 62.4 Å². The highest BCUT2D eigenvalue weighted by Crippen LogP contribution is 2.30. The first-order valence-corrected chi connectivity index (χ1v) is 13.3. The summed E-state index contributed by atoms with van der Waals surface area (Å²) in [5.74, 6) is 1.55. The lowest BCUT2D eigenvalue weighted by atomic mass is 10.1. The Morgan fingerprint density at radius 2 is 1.92 bits per heavy atom. The average molecular weight is 517 g/mol. The summed E-state index contributed by atoms with van der Waals surface area (Å²) in [5.41, 5.74) is 2.91. The molecule has 3 aromatic heterocycles. The largest absolute Gasteiger partial charge is 0.497 e. The van der Waals surface area contributed by atoms with Crippen molar-refractivity contribution >= 4 is 17.2 Å². The van der Waals surface area contributed by atoms with Crippen molar-refractivity contribution in [2.45, 2.75) is 25.4 Å². The van der Waals surface area contributed by atoms with Crippen LogP contribution in [0.5, 0.6) is 5.75 Å². The van der Waals surface area contributed by atoms with Crippen molar-refractivity contribution < 1.29 is 9.13 Å².